The molecule has 2 aliphatic heterocycles. The van der Waals surface area contributed by atoms with Gasteiger partial charge in [-0.2, -0.15) is 4.99 Å². The number of rotatable bonds is 5. The molecule has 1 spiro atoms. The normalized spacial score (nSPS) is 14.9. The molecule has 2 heterocycles. The summed E-state index contributed by atoms with van der Waals surface area (Å²) in [6.45, 7) is 0. The topological polar surface area (TPSA) is 56.1 Å². The number of hydrogen-bond acceptors (Lipinski definition) is 2. The van der Waals surface area contributed by atoms with E-state index in [0.717, 1.165) is 61.9 Å². The molecular weight excluding hydrogens is 813 g/mol. The van der Waals surface area contributed by atoms with Crippen molar-refractivity contribution < 1.29 is 5.32 Å². The highest BCUT2D eigenvalue weighted by atomic mass is 15.2. The van der Waals surface area contributed by atoms with Crippen molar-refractivity contribution >= 4 is 61.4 Å². The molecule has 3 aliphatic rings. The number of benzene rings is 10. The second-order valence-corrected chi connectivity index (χ2v) is 17.6. The summed E-state index contributed by atoms with van der Waals surface area (Å²) in [5, 5.41) is 16.6. The molecule has 314 valence electrons. The molecule has 0 saturated carbocycles. The molecule has 0 fully saturated rings. The van der Waals surface area contributed by atoms with Gasteiger partial charge in [0.2, 0.25) is 5.84 Å². The molecule has 10 aromatic carbocycles. The number of aliphatic imine (C=N–C) groups is 1. The Labute approximate surface area is 389 Å². The minimum atomic E-state index is -0.665. The lowest BCUT2D eigenvalue weighted by Gasteiger charge is -2.45. The Morgan fingerprint density at radius 2 is 1.01 bits per heavy atom. The van der Waals surface area contributed by atoms with Crippen LogP contribution in [0.15, 0.2) is 248 Å². The lowest BCUT2D eigenvalue weighted by molar-refractivity contribution is -0.458. The van der Waals surface area contributed by atoms with Crippen LogP contribution in [0.5, 0.6) is 0 Å². The zero-order chi connectivity index (χ0) is 44.5. The largest absolute Gasteiger partial charge is 0.310 e. The summed E-state index contributed by atoms with van der Waals surface area (Å²) in [5.74, 6) is 0.975. The standard InChI is InChI=1S/C63H42N4/c64-61(66-62-53(42-21-6-2-7-22-42)38-46(40-65-62)41-19-4-1-5-20-41)45-24-18-23-43(37-45)44-35-36-52-56(39-44)63(60-51-30-13-11-28-49(51)48-27-10-12-29-50(48)59(52)60)54-31-14-16-33-57(54)67(47-25-8-3-9-26-47)58-34-17-15-32-55(58)63/h1-40H,(H2,64,65,66)/p+1. The van der Waals surface area contributed by atoms with Crippen molar-refractivity contribution in [2.45, 2.75) is 5.41 Å². The predicted molar refractivity (Wildman–Crippen MR) is 277 cm³/mol. The van der Waals surface area contributed by atoms with E-state index in [1.165, 1.54) is 54.9 Å². The highest BCUT2D eigenvalue weighted by Gasteiger charge is 2.53. The number of fused-ring (bicyclic) bond motifs is 14. The maximum absolute atomic E-state index is 9.50. The third-order valence-corrected chi connectivity index (χ3v) is 14.0. The highest BCUT2D eigenvalue weighted by molar-refractivity contribution is 6.25. The van der Waals surface area contributed by atoms with Gasteiger partial charge in [-0.3, -0.25) is 10.7 Å². The molecule has 0 aromatic heterocycles. The number of nitrogens with one attached hydrogen (secondary N) is 1. The summed E-state index contributed by atoms with van der Waals surface area (Å²) in [4.78, 5) is 7.49. The van der Waals surface area contributed by atoms with Crippen molar-refractivity contribution in [3.05, 3.63) is 282 Å². The van der Waals surface area contributed by atoms with Gasteiger partial charge in [-0.05, 0) is 120 Å². The van der Waals surface area contributed by atoms with E-state index in [2.05, 4.69) is 229 Å². The van der Waals surface area contributed by atoms with Gasteiger partial charge < -0.3 is 4.90 Å². The molecule has 1 aliphatic carbocycles. The number of anilines is 3. The molecule has 3 N–H and O–H groups in total. The summed E-state index contributed by atoms with van der Waals surface area (Å²) in [6.07, 6.45) is 4.30. The predicted octanol–water partition coefficient (Wildman–Crippen LogP) is 14.2. The summed E-state index contributed by atoms with van der Waals surface area (Å²) in [6, 6.07) is 83.0. The average Bonchev–Trinajstić information content (AvgIpc) is 3.71. The van der Waals surface area contributed by atoms with Gasteiger partial charge in [0.25, 0.3) is 0 Å². The molecule has 4 nitrogen and oxygen atoms in total. The second kappa shape index (κ2) is 15.5. The van der Waals surface area contributed by atoms with Gasteiger partial charge in [-0.15, -0.1) is 0 Å². The van der Waals surface area contributed by atoms with Crippen LogP contribution in [0, 0.1) is 5.41 Å². The highest BCUT2D eigenvalue weighted by Crippen LogP contribution is 2.66. The molecule has 13 rings (SSSR count). The summed E-state index contributed by atoms with van der Waals surface area (Å²) < 4.78 is 0. The van der Waals surface area contributed by atoms with Crippen molar-refractivity contribution in [3.8, 4) is 22.3 Å². The fourth-order valence-corrected chi connectivity index (χ4v) is 11.2. The zero-order valence-corrected chi connectivity index (χ0v) is 36.6. The Balaban J connectivity index is 1.00. The first-order valence-corrected chi connectivity index (χ1v) is 23.0. The number of allylic oxidation sites excluding steroid dienone is 2. The Kier molecular flexibility index (Phi) is 8.95. The maximum atomic E-state index is 9.50. The van der Waals surface area contributed by atoms with Crippen LogP contribution in [0.4, 0.5) is 17.1 Å². The Hall–Kier alpha value is -8.70. The van der Waals surface area contributed by atoms with E-state index in [0.29, 0.717) is 0 Å². The zero-order valence-electron chi connectivity index (χ0n) is 36.6. The Morgan fingerprint density at radius 1 is 0.463 bits per heavy atom. The Morgan fingerprint density at radius 3 is 1.72 bits per heavy atom. The van der Waals surface area contributed by atoms with Gasteiger partial charge in [-0.1, -0.05) is 194 Å². The van der Waals surface area contributed by atoms with Gasteiger partial charge in [0.1, 0.15) is 6.20 Å². The van der Waals surface area contributed by atoms with E-state index in [9.17, 15) is 5.41 Å². The summed E-state index contributed by atoms with van der Waals surface area (Å²) >= 11 is 0. The summed E-state index contributed by atoms with van der Waals surface area (Å²) in [7, 11) is 0. The van der Waals surface area contributed by atoms with Crippen LogP contribution in [0.2, 0.25) is 0 Å². The molecule has 0 amide bonds. The number of nitrogens with two attached hydrogens (primary N) is 1. The van der Waals surface area contributed by atoms with Crippen LogP contribution in [0.1, 0.15) is 38.9 Å². The van der Waals surface area contributed by atoms with Crippen LogP contribution in [-0.2, 0) is 5.41 Å². The molecular formula is C63H43N4+. The second-order valence-electron chi connectivity index (χ2n) is 17.6. The van der Waals surface area contributed by atoms with E-state index in [4.69, 9.17) is 4.99 Å². The first kappa shape index (κ1) is 38.7. The van der Waals surface area contributed by atoms with Crippen LogP contribution in [0.25, 0.3) is 54.9 Å². The van der Waals surface area contributed by atoms with Crippen LogP contribution >= 0.6 is 0 Å². The van der Waals surface area contributed by atoms with Crippen molar-refractivity contribution in [1.82, 2.24) is 0 Å². The van der Waals surface area contributed by atoms with Gasteiger partial charge in [-0.25, -0.2) is 0 Å². The van der Waals surface area contributed by atoms with Crippen LogP contribution in [0.3, 0.4) is 0 Å². The minimum Gasteiger partial charge on any atom is -0.310 e. The molecule has 0 atom stereocenters. The third kappa shape index (κ3) is 5.97. The smallest absolute Gasteiger partial charge is 0.238 e. The molecule has 0 radical (unpaired) electrons. The fraction of sp³-hybridized carbons (Fsp3) is 0.0159. The SMILES string of the molecule is N=C(N=C1[NH2+]C=C(c2ccccc2)C=C1c1ccccc1)c1cccc(-c2ccc3c(c2)C2(c4ccccc4N(c4ccccc4)c4ccccc42)c2c-3c3ccccc3c3ccccc23)c1. The van der Waals surface area contributed by atoms with Gasteiger partial charge in [0.05, 0.1) is 22.4 Å². The lowest BCUT2D eigenvalue weighted by Crippen LogP contribution is -2.83. The first-order chi connectivity index (χ1) is 33.2. The van der Waals surface area contributed by atoms with Crippen molar-refractivity contribution in [1.29, 1.82) is 5.41 Å². The molecule has 0 unspecified atom stereocenters. The van der Waals surface area contributed by atoms with E-state index < -0.39 is 5.41 Å². The number of nitrogens with zero attached hydrogens (tertiary/aromatic N) is 2. The average molecular weight is 856 g/mol. The van der Waals surface area contributed by atoms with Crippen molar-refractivity contribution in [2.75, 3.05) is 4.90 Å². The lowest BCUT2D eigenvalue weighted by atomic mass is 9.63. The molecule has 4 heteroatoms. The number of hydrogen-bond donors (Lipinski definition) is 2. The number of amidine groups is 2. The number of quaternary nitrogens is 1. The monoisotopic (exact) mass is 855 g/mol. The van der Waals surface area contributed by atoms with Crippen LogP contribution in [-0.4, -0.2) is 11.7 Å². The van der Waals surface area contributed by atoms with E-state index in [1.54, 1.807) is 0 Å². The fourth-order valence-electron chi connectivity index (χ4n) is 11.2. The van der Waals surface area contributed by atoms with E-state index in [1.807, 2.05) is 23.5 Å². The van der Waals surface area contributed by atoms with Crippen molar-refractivity contribution in [2.24, 2.45) is 4.99 Å². The van der Waals surface area contributed by atoms with Crippen molar-refractivity contribution in [3.63, 3.8) is 0 Å². The minimum absolute atomic E-state index is 0.214. The van der Waals surface area contributed by atoms with Gasteiger partial charge in [0, 0.05) is 16.8 Å². The van der Waals surface area contributed by atoms with Gasteiger partial charge >= 0.3 is 0 Å². The van der Waals surface area contributed by atoms with E-state index >= 15 is 0 Å². The molecule has 0 saturated heterocycles. The number of para-hydroxylation sites is 3. The first-order valence-electron chi connectivity index (χ1n) is 23.0. The Bertz CT molecular complexity index is 3690. The molecule has 10 aromatic rings. The third-order valence-electron chi connectivity index (χ3n) is 14.0. The summed E-state index contributed by atoms with van der Waals surface area (Å²) in [5.41, 5.74) is 17.6. The van der Waals surface area contributed by atoms with E-state index in [-0.39, 0.29) is 5.84 Å². The molecule has 0 bridgehead atoms. The van der Waals surface area contributed by atoms with Crippen LogP contribution < -0.4 is 10.2 Å². The molecule has 67 heavy (non-hydrogen) atoms. The maximum Gasteiger partial charge on any atom is 0.238 e. The van der Waals surface area contributed by atoms with Gasteiger partial charge in [0.15, 0.2) is 5.84 Å². The quantitative estimate of drug-likeness (QED) is 0.101.